The first-order valence-corrected chi connectivity index (χ1v) is 9.90. The average Bonchev–Trinajstić information content (AvgIpc) is 2.46. The summed E-state index contributed by atoms with van der Waals surface area (Å²) < 4.78 is 69.5. The number of rotatable bonds is 4. The first-order valence-electron chi connectivity index (χ1n) is 7.13. The predicted molar refractivity (Wildman–Crippen MR) is 89.5 cm³/mol. The summed E-state index contributed by atoms with van der Waals surface area (Å²) >= 11 is 0.854. The van der Waals surface area contributed by atoms with E-state index in [4.69, 9.17) is 0 Å². The Bertz CT molecular complexity index is 930. The van der Waals surface area contributed by atoms with Crippen LogP contribution in [-0.2, 0) is 16.0 Å². The van der Waals surface area contributed by atoms with E-state index in [9.17, 15) is 26.4 Å². The largest absolute Gasteiger partial charge is 0.450 e. The minimum Gasteiger partial charge on any atom is -0.417 e. The molecule has 0 saturated carbocycles. The highest BCUT2D eigenvalue weighted by atomic mass is 32.2. The molecule has 1 heterocycles. The molecule has 136 valence electrons. The highest BCUT2D eigenvalue weighted by molar-refractivity contribution is 8.00. The van der Waals surface area contributed by atoms with Gasteiger partial charge in [0, 0.05) is 17.1 Å². The molecule has 0 fully saturated rings. The van der Waals surface area contributed by atoms with Gasteiger partial charge in [-0.15, -0.1) is 11.8 Å². The first-order chi connectivity index (χ1) is 11.4. The monoisotopic (exact) mass is 392 g/mol. The minimum absolute atomic E-state index is 0.00426. The molecule has 0 aliphatic heterocycles. The molecular weight excluding hydrogens is 377 g/mol. The lowest BCUT2D eigenvalue weighted by molar-refractivity contribution is -0.154. The van der Waals surface area contributed by atoms with E-state index in [2.05, 4.69) is 4.42 Å². The van der Waals surface area contributed by atoms with Gasteiger partial charge in [0.1, 0.15) is 4.90 Å². The van der Waals surface area contributed by atoms with E-state index in [1.807, 2.05) is 0 Å². The number of sulfone groups is 1. The van der Waals surface area contributed by atoms with E-state index in [1.165, 1.54) is 24.3 Å². The van der Waals surface area contributed by atoms with Crippen LogP contribution in [0.5, 0.6) is 0 Å². The van der Waals surface area contributed by atoms with Crippen LogP contribution in [0.1, 0.15) is 19.6 Å². The van der Waals surface area contributed by atoms with Crippen molar-refractivity contribution in [3.8, 4) is 11.1 Å². The Morgan fingerprint density at radius 2 is 1.68 bits per heavy atom. The fraction of sp³-hybridized carbons (Fsp3) is 0.312. The molecule has 4 nitrogen and oxygen atoms in total. The van der Waals surface area contributed by atoms with Gasteiger partial charge in [-0.05, 0) is 5.56 Å². The maximum atomic E-state index is 13.4. The third kappa shape index (κ3) is 4.27. The highest BCUT2D eigenvalue weighted by Crippen LogP contribution is 2.43. The maximum absolute atomic E-state index is 13.4. The Morgan fingerprint density at radius 3 is 2.12 bits per heavy atom. The first kappa shape index (κ1) is 19.6. The summed E-state index contributed by atoms with van der Waals surface area (Å²) in [5.41, 5.74) is -1.95. The highest BCUT2D eigenvalue weighted by Gasteiger charge is 2.42. The average molecular weight is 392 g/mol. The zero-order chi connectivity index (χ0) is 19.0. The molecule has 0 bridgehead atoms. The Morgan fingerprint density at radius 1 is 1.12 bits per heavy atom. The maximum Gasteiger partial charge on any atom is 0.450 e. The van der Waals surface area contributed by atoms with E-state index in [-0.39, 0.29) is 15.7 Å². The molecule has 1 aromatic heterocycles. The molecule has 0 unspecified atom stereocenters. The third-order valence-corrected chi connectivity index (χ3v) is 5.44. The van der Waals surface area contributed by atoms with Gasteiger partial charge in [-0.3, -0.25) is 0 Å². The lowest BCUT2D eigenvalue weighted by Crippen LogP contribution is -2.20. The van der Waals surface area contributed by atoms with Gasteiger partial charge in [0.15, 0.2) is 9.84 Å². The van der Waals surface area contributed by atoms with Crippen molar-refractivity contribution in [3.05, 3.63) is 46.5 Å². The van der Waals surface area contributed by atoms with Crippen LogP contribution < -0.4 is 5.63 Å². The van der Waals surface area contributed by atoms with Crippen LogP contribution >= 0.6 is 11.8 Å². The van der Waals surface area contributed by atoms with Gasteiger partial charge in [-0.1, -0.05) is 44.2 Å². The molecule has 9 heteroatoms. The third-order valence-electron chi connectivity index (χ3n) is 3.08. The summed E-state index contributed by atoms with van der Waals surface area (Å²) in [7, 11) is -4.14. The smallest absolute Gasteiger partial charge is 0.417 e. The van der Waals surface area contributed by atoms with Crippen molar-refractivity contribution in [1.82, 2.24) is 0 Å². The molecule has 0 spiro atoms. The molecule has 0 atom stereocenters. The van der Waals surface area contributed by atoms with E-state index in [1.54, 1.807) is 19.9 Å². The summed E-state index contributed by atoms with van der Waals surface area (Å²) in [5.74, 6) is -1.61. The Kier molecular flexibility index (Phi) is 5.38. The van der Waals surface area contributed by atoms with Crippen LogP contribution in [0.4, 0.5) is 13.2 Å². The van der Waals surface area contributed by atoms with E-state index < -0.39 is 37.9 Å². The normalized spacial score (nSPS) is 12.6. The standard InChI is InChI=1S/C16H15F3O4S2/c1-9(2)24-12-13(25(3,21)22)11(10-7-5-4-6-8-10)14(16(17,18)19)23-15(12)20/h4-9H,1-3H3. The molecule has 25 heavy (non-hydrogen) atoms. The molecule has 0 saturated heterocycles. The molecule has 2 aromatic rings. The lowest BCUT2D eigenvalue weighted by Gasteiger charge is -2.18. The number of benzene rings is 1. The molecule has 0 aliphatic rings. The van der Waals surface area contributed by atoms with Gasteiger partial charge in [0.05, 0.1) is 4.90 Å². The summed E-state index contributed by atoms with van der Waals surface area (Å²) in [6, 6.07) is 7.20. The summed E-state index contributed by atoms with van der Waals surface area (Å²) in [6.45, 7) is 3.38. The molecule has 0 aliphatic carbocycles. The second-order valence-electron chi connectivity index (χ2n) is 5.55. The fourth-order valence-electron chi connectivity index (χ4n) is 2.26. The molecule has 2 rings (SSSR count). The zero-order valence-corrected chi connectivity index (χ0v) is 15.2. The van der Waals surface area contributed by atoms with Gasteiger partial charge >= 0.3 is 11.8 Å². The van der Waals surface area contributed by atoms with Crippen LogP contribution in [0.2, 0.25) is 0 Å². The number of thioether (sulfide) groups is 1. The second-order valence-corrected chi connectivity index (χ2v) is 9.09. The molecule has 0 amide bonds. The Labute approximate surface area is 147 Å². The molecular formula is C16H15F3O4S2. The van der Waals surface area contributed by atoms with Crippen LogP contribution in [0, 0.1) is 0 Å². The van der Waals surface area contributed by atoms with Crippen molar-refractivity contribution in [3.63, 3.8) is 0 Å². The topological polar surface area (TPSA) is 64.3 Å². The zero-order valence-electron chi connectivity index (χ0n) is 13.5. The van der Waals surface area contributed by atoms with Gasteiger partial charge in [-0.2, -0.15) is 13.2 Å². The molecule has 0 radical (unpaired) electrons. The van der Waals surface area contributed by atoms with Crippen LogP contribution in [0.3, 0.4) is 0 Å². The predicted octanol–water partition coefficient (Wildman–Crippen LogP) is 4.23. The molecule has 0 N–H and O–H groups in total. The minimum atomic E-state index is -5.02. The van der Waals surface area contributed by atoms with Crippen LogP contribution in [-0.4, -0.2) is 19.9 Å². The van der Waals surface area contributed by atoms with Crippen LogP contribution in [0.15, 0.2) is 49.3 Å². The fourth-order valence-corrected chi connectivity index (χ4v) is 4.68. The lowest BCUT2D eigenvalue weighted by atomic mass is 10.0. The number of halogens is 3. The summed E-state index contributed by atoms with van der Waals surface area (Å²) in [5, 5.41) is -0.233. The van der Waals surface area contributed by atoms with Crippen molar-refractivity contribution in [2.24, 2.45) is 0 Å². The van der Waals surface area contributed by atoms with Crippen molar-refractivity contribution in [2.45, 2.75) is 35.1 Å². The van der Waals surface area contributed by atoms with Crippen molar-refractivity contribution in [1.29, 1.82) is 0 Å². The van der Waals surface area contributed by atoms with Crippen molar-refractivity contribution in [2.75, 3.05) is 6.26 Å². The van der Waals surface area contributed by atoms with Crippen molar-refractivity contribution >= 4 is 21.6 Å². The molecule has 1 aromatic carbocycles. The SMILES string of the molecule is CC(C)Sc1c(S(C)(=O)=O)c(-c2ccccc2)c(C(F)(F)F)oc1=O. The van der Waals surface area contributed by atoms with E-state index in [0.29, 0.717) is 0 Å². The Balaban J connectivity index is 3.06. The quantitative estimate of drug-likeness (QED) is 0.729. The number of hydrogen-bond acceptors (Lipinski definition) is 5. The van der Waals surface area contributed by atoms with Crippen molar-refractivity contribution < 1.29 is 26.0 Å². The van der Waals surface area contributed by atoms with E-state index >= 15 is 0 Å². The second kappa shape index (κ2) is 6.87. The van der Waals surface area contributed by atoms with Gasteiger partial charge in [-0.25, -0.2) is 13.2 Å². The van der Waals surface area contributed by atoms with Gasteiger partial charge in [0.25, 0.3) is 0 Å². The summed E-state index contributed by atoms with van der Waals surface area (Å²) in [4.78, 5) is 11.1. The van der Waals surface area contributed by atoms with Crippen LogP contribution in [0.25, 0.3) is 11.1 Å². The number of alkyl halides is 3. The number of hydrogen-bond donors (Lipinski definition) is 0. The van der Waals surface area contributed by atoms with Gasteiger partial charge in [0.2, 0.25) is 5.76 Å². The van der Waals surface area contributed by atoms with E-state index in [0.717, 1.165) is 18.0 Å². The van der Waals surface area contributed by atoms with Gasteiger partial charge < -0.3 is 4.42 Å². The summed E-state index contributed by atoms with van der Waals surface area (Å²) in [6.07, 6.45) is -4.25. The Hall–Kier alpha value is -1.74.